The SMILES string of the molecule is COc1cccc(CN(C)Cn2[nH]c(-c3cccs3)nc2=S)c1. The van der Waals surface area contributed by atoms with E-state index in [2.05, 4.69) is 21.0 Å². The van der Waals surface area contributed by atoms with Crippen molar-refractivity contribution in [2.24, 2.45) is 0 Å². The lowest BCUT2D eigenvalue weighted by molar-refractivity contribution is 0.244. The van der Waals surface area contributed by atoms with E-state index in [0.717, 1.165) is 23.0 Å². The molecule has 120 valence electrons. The second-order valence-corrected chi connectivity index (χ2v) is 6.58. The predicted molar refractivity (Wildman–Crippen MR) is 95.2 cm³/mol. The minimum atomic E-state index is 0.561. The van der Waals surface area contributed by atoms with Crippen LogP contribution in [0.3, 0.4) is 0 Å². The molecule has 23 heavy (non-hydrogen) atoms. The van der Waals surface area contributed by atoms with E-state index in [1.54, 1.807) is 18.4 Å². The maximum atomic E-state index is 5.35. The number of nitrogens with one attached hydrogen (secondary N) is 1. The number of aromatic amines is 1. The third-order valence-corrected chi connectivity index (χ3v) is 4.59. The van der Waals surface area contributed by atoms with Gasteiger partial charge in [-0.3, -0.25) is 10.00 Å². The van der Waals surface area contributed by atoms with Gasteiger partial charge in [-0.25, -0.2) is 4.68 Å². The van der Waals surface area contributed by atoms with Gasteiger partial charge in [0, 0.05) is 6.54 Å². The molecule has 1 N–H and O–H groups in total. The molecule has 0 saturated carbocycles. The van der Waals surface area contributed by atoms with Crippen LogP contribution in [0.15, 0.2) is 41.8 Å². The number of thiophene rings is 1. The highest BCUT2D eigenvalue weighted by atomic mass is 32.1. The Hall–Kier alpha value is -1.96. The van der Waals surface area contributed by atoms with E-state index < -0.39 is 0 Å². The highest BCUT2D eigenvalue weighted by Crippen LogP contribution is 2.20. The molecule has 3 rings (SSSR count). The molecule has 0 radical (unpaired) electrons. The van der Waals surface area contributed by atoms with Crippen molar-refractivity contribution in [2.75, 3.05) is 14.2 Å². The first kappa shape index (κ1) is 15.9. The third-order valence-electron chi connectivity index (χ3n) is 3.40. The number of methoxy groups -OCH3 is 1. The molecule has 0 spiro atoms. The Kier molecular flexibility index (Phi) is 4.90. The molecule has 5 nitrogen and oxygen atoms in total. The fourth-order valence-electron chi connectivity index (χ4n) is 2.35. The van der Waals surface area contributed by atoms with Crippen LogP contribution in [0.4, 0.5) is 0 Å². The lowest BCUT2D eigenvalue weighted by atomic mass is 10.2. The summed E-state index contributed by atoms with van der Waals surface area (Å²) in [6, 6.07) is 12.1. The summed E-state index contributed by atoms with van der Waals surface area (Å²) >= 11 is 6.99. The van der Waals surface area contributed by atoms with Gasteiger partial charge < -0.3 is 4.74 Å². The summed E-state index contributed by atoms with van der Waals surface area (Å²) in [6.45, 7) is 1.45. The first-order chi connectivity index (χ1) is 11.2. The normalized spacial score (nSPS) is 11.1. The van der Waals surface area contributed by atoms with Crippen LogP contribution >= 0.6 is 23.6 Å². The van der Waals surface area contributed by atoms with Gasteiger partial charge in [0.05, 0.1) is 18.7 Å². The van der Waals surface area contributed by atoms with Crippen molar-refractivity contribution >= 4 is 23.6 Å². The molecule has 3 aromatic rings. The molecular weight excluding hydrogens is 328 g/mol. The summed E-state index contributed by atoms with van der Waals surface area (Å²) in [7, 11) is 3.73. The minimum absolute atomic E-state index is 0.561. The van der Waals surface area contributed by atoms with Gasteiger partial charge in [0.2, 0.25) is 4.77 Å². The number of H-pyrrole nitrogens is 1. The molecule has 0 atom stereocenters. The van der Waals surface area contributed by atoms with Crippen molar-refractivity contribution < 1.29 is 4.74 Å². The van der Waals surface area contributed by atoms with Crippen LogP contribution < -0.4 is 4.74 Å². The van der Waals surface area contributed by atoms with Crippen molar-refractivity contribution in [2.45, 2.75) is 13.2 Å². The van der Waals surface area contributed by atoms with Crippen LogP contribution in [0.2, 0.25) is 0 Å². The Morgan fingerprint density at radius 1 is 1.35 bits per heavy atom. The van der Waals surface area contributed by atoms with E-state index in [1.165, 1.54) is 5.56 Å². The monoisotopic (exact) mass is 346 g/mol. The Morgan fingerprint density at radius 3 is 2.96 bits per heavy atom. The number of hydrogen-bond acceptors (Lipinski definition) is 5. The smallest absolute Gasteiger partial charge is 0.217 e. The second kappa shape index (κ2) is 7.08. The van der Waals surface area contributed by atoms with Crippen molar-refractivity contribution in [1.29, 1.82) is 0 Å². The van der Waals surface area contributed by atoms with Gasteiger partial charge in [-0.05, 0) is 48.4 Å². The zero-order chi connectivity index (χ0) is 16.2. The van der Waals surface area contributed by atoms with E-state index >= 15 is 0 Å². The molecule has 0 aliphatic rings. The Balaban J connectivity index is 1.70. The Bertz CT molecular complexity index is 823. The predicted octanol–water partition coefficient (Wildman–Crippen LogP) is 3.77. The molecule has 0 saturated heterocycles. The Labute approximate surface area is 144 Å². The topological polar surface area (TPSA) is 46.1 Å². The number of benzene rings is 1. The number of nitrogens with zero attached hydrogens (tertiary/aromatic N) is 3. The third kappa shape index (κ3) is 3.87. The molecule has 7 heteroatoms. The average molecular weight is 346 g/mol. The Morgan fingerprint density at radius 2 is 2.22 bits per heavy atom. The molecule has 2 aromatic heterocycles. The van der Waals surface area contributed by atoms with Crippen molar-refractivity contribution in [3.05, 3.63) is 52.1 Å². The lowest BCUT2D eigenvalue weighted by Crippen LogP contribution is -2.22. The highest BCUT2D eigenvalue weighted by molar-refractivity contribution is 7.71. The zero-order valence-electron chi connectivity index (χ0n) is 13.0. The van der Waals surface area contributed by atoms with Gasteiger partial charge >= 0.3 is 0 Å². The number of rotatable bonds is 6. The van der Waals surface area contributed by atoms with Crippen LogP contribution in [-0.2, 0) is 13.2 Å². The van der Waals surface area contributed by atoms with E-state index in [-0.39, 0.29) is 0 Å². The van der Waals surface area contributed by atoms with Crippen LogP contribution in [-0.4, -0.2) is 33.8 Å². The minimum Gasteiger partial charge on any atom is -0.497 e. The molecule has 0 aliphatic carbocycles. The van der Waals surface area contributed by atoms with Crippen molar-refractivity contribution in [3.63, 3.8) is 0 Å². The summed E-state index contributed by atoms with van der Waals surface area (Å²) in [5.41, 5.74) is 1.19. The van der Waals surface area contributed by atoms with Gasteiger partial charge in [0.25, 0.3) is 0 Å². The zero-order valence-corrected chi connectivity index (χ0v) is 14.7. The van der Waals surface area contributed by atoms with Crippen molar-refractivity contribution in [1.82, 2.24) is 19.7 Å². The molecule has 0 aliphatic heterocycles. The molecular formula is C16H18N4OS2. The number of ether oxygens (including phenoxy) is 1. The molecule has 1 aromatic carbocycles. The maximum absolute atomic E-state index is 5.35. The van der Waals surface area contributed by atoms with Gasteiger partial charge in [0.15, 0.2) is 5.82 Å². The molecule has 0 bridgehead atoms. The van der Waals surface area contributed by atoms with Crippen LogP contribution in [0.25, 0.3) is 10.7 Å². The fraction of sp³-hybridized carbons (Fsp3) is 0.250. The van der Waals surface area contributed by atoms with E-state index in [4.69, 9.17) is 17.0 Å². The lowest BCUT2D eigenvalue weighted by Gasteiger charge is -2.17. The molecule has 0 fully saturated rings. The van der Waals surface area contributed by atoms with E-state index in [9.17, 15) is 0 Å². The molecule has 0 unspecified atom stereocenters. The number of hydrogen-bond donors (Lipinski definition) is 1. The van der Waals surface area contributed by atoms with E-state index in [0.29, 0.717) is 11.4 Å². The summed E-state index contributed by atoms with van der Waals surface area (Å²) in [4.78, 5) is 7.68. The van der Waals surface area contributed by atoms with Crippen LogP contribution in [0.1, 0.15) is 5.56 Å². The maximum Gasteiger partial charge on any atom is 0.217 e. The largest absolute Gasteiger partial charge is 0.497 e. The second-order valence-electron chi connectivity index (χ2n) is 5.27. The van der Waals surface area contributed by atoms with Crippen molar-refractivity contribution in [3.8, 4) is 16.5 Å². The first-order valence-electron chi connectivity index (χ1n) is 7.18. The van der Waals surface area contributed by atoms with Gasteiger partial charge in [0.1, 0.15) is 5.75 Å². The molecule has 0 amide bonds. The van der Waals surface area contributed by atoms with Gasteiger partial charge in [-0.2, -0.15) is 4.98 Å². The van der Waals surface area contributed by atoms with Crippen LogP contribution in [0.5, 0.6) is 5.75 Å². The highest BCUT2D eigenvalue weighted by Gasteiger charge is 2.08. The average Bonchev–Trinajstić information content (AvgIpc) is 3.18. The summed E-state index contributed by atoms with van der Waals surface area (Å²) in [5, 5.41) is 5.30. The number of aromatic nitrogens is 3. The van der Waals surface area contributed by atoms with Gasteiger partial charge in [-0.15, -0.1) is 11.3 Å². The summed E-state index contributed by atoms with van der Waals surface area (Å²) in [5.74, 6) is 1.69. The van der Waals surface area contributed by atoms with Gasteiger partial charge in [-0.1, -0.05) is 18.2 Å². The fourth-order valence-corrected chi connectivity index (χ4v) is 3.21. The standard InChI is InChI=1S/C16H18N4OS2/c1-19(10-12-5-3-6-13(9-12)21-2)11-20-16(22)17-15(18-20)14-7-4-8-23-14/h3-9H,10-11H2,1-2H3,(H,17,18,22). The van der Waals surface area contributed by atoms with E-state index in [1.807, 2.05) is 47.4 Å². The van der Waals surface area contributed by atoms with Crippen LogP contribution in [0, 0.1) is 4.77 Å². The summed E-state index contributed by atoms with van der Waals surface area (Å²) < 4.78 is 7.70. The summed E-state index contributed by atoms with van der Waals surface area (Å²) in [6.07, 6.45) is 0. The quantitative estimate of drug-likeness (QED) is 0.690. The molecule has 2 heterocycles. The first-order valence-corrected chi connectivity index (χ1v) is 8.46.